The molecule has 0 bridgehead atoms. The number of alkyl halides is 2. The number of hydrogen-bond donors (Lipinski definition) is 0. The second kappa shape index (κ2) is 6.60. The summed E-state index contributed by atoms with van der Waals surface area (Å²) in [5.41, 5.74) is 1.68. The second-order valence-electron chi connectivity index (χ2n) is 5.86. The van der Waals surface area contributed by atoms with Gasteiger partial charge in [0.1, 0.15) is 5.75 Å². The molecular formula is C18H20F2N2O. The van der Waals surface area contributed by atoms with Crippen molar-refractivity contribution in [2.24, 2.45) is 0 Å². The summed E-state index contributed by atoms with van der Waals surface area (Å²) in [7, 11) is 0. The zero-order valence-corrected chi connectivity index (χ0v) is 13.1. The highest BCUT2D eigenvalue weighted by Gasteiger charge is 2.35. The van der Waals surface area contributed by atoms with Gasteiger partial charge in [0.15, 0.2) is 5.82 Å². The van der Waals surface area contributed by atoms with E-state index in [0.717, 1.165) is 17.0 Å². The van der Waals surface area contributed by atoms with Crippen LogP contribution in [0.5, 0.6) is 5.75 Å². The first-order valence-electron chi connectivity index (χ1n) is 8.02. The molecule has 5 heteroatoms. The molecule has 1 heterocycles. The summed E-state index contributed by atoms with van der Waals surface area (Å²) in [6.45, 7) is 2.49. The lowest BCUT2D eigenvalue weighted by molar-refractivity contribution is -0.0384. The van der Waals surface area contributed by atoms with E-state index in [0.29, 0.717) is 25.3 Å². The van der Waals surface area contributed by atoms with Gasteiger partial charge in [-0.2, -0.15) is 0 Å². The monoisotopic (exact) mass is 318 g/mol. The third kappa shape index (κ3) is 3.66. The summed E-state index contributed by atoms with van der Waals surface area (Å²) in [6, 6.07) is 9.45. The molecule has 0 aliphatic heterocycles. The van der Waals surface area contributed by atoms with E-state index in [9.17, 15) is 8.78 Å². The molecule has 23 heavy (non-hydrogen) atoms. The molecular weight excluding hydrogens is 298 g/mol. The third-order valence-corrected chi connectivity index (χ3v) is 4.24. The van der Waals surface area contributed by atoms with Crippen LogP contribution in [-0.2, 0) is 0 Å². The van der Waals surface area contributed by atoms with Gasteiger partial charge in [-0.05, 0) is 38.0 Å². The normalized spacial score (nSPS) is 17.9. The molecule has 0 saturated heterocycles. The van der Waals surface area contributed by atoms with Crippen LogP contribution in [0.2, 0.25) is 0 Å². The molecule has 0 spiro atoms. The zero-order valence-electron chi connectivity index (χ0n) is 13.1. The van der Waals surface area contributed by atoms with E-state index in [4.69, 9.17) is 4.74 Å². The maximum atomic E-state index is 13.3. The van der Waals surface area contributed by atoms with Crippen molar-refractivity contribution < 1.29 is 13.5 Å². The molecule has 1 fully saturated rings. The van der Waals surface area contributed by atoms with Gasteiger partial charge >= 0.3 is 0 Å². The number of hydrogen-bond acceptors (Lipinski definition) is 3. The van der Waals surface area contributed by atoms with Gasteiger partial charge in [0.25, 0.3) is 0 Å². The molecule has 1 aliphatic rings. The summed E-state index contributed by atoms with van der Waals surface area (Å²) in [6.07, 6.45) is 2.51. The fourth-order valence-electron chi connectivity index (χ4n) is 3.00. The first-order chi connectivity index (χ1) is 11.1. The van der Waals surface area contributed by atoms with E-state index in [2.05, 4.69) is 9.97 Å². The van der Waals surface area contributed by atoms with Gasteiger partial charge in [-0.1, -0.05) is 12.1 Å². The van der Waals surface area contributed by atoms with Gasteiger partial charge in [0, 0.05) is 30.7 Å². The van der Waals surface area contributed by atoms with E-state index in [1.807, 2.05) is 37.3 Å². The zero-order chi connectivity index (χ0) is 16.3. The lowest BCUT2D eigenvalue weighted by Crippen LogP contribution is -2.24. The van der Waals surface area contributed by atoms with Crippen molar-refractivity contribution in [3.63, 3.8) is 0 Å². The molecule has 0 N–H and O–H groups in total. The minimum absolute atomic E-state index is 0.0630. The quantitative estimate of drug-likeness (QED) is 0.809. The average molecular weight is 318 g/mol. The Kier molecular flexibility index (Phi) is 4.55. The van der Waals surface area contributed by atoms with Crippen LogP contribution < -0.4 is 4.74 Å². The number of ether oxygens (including phenoxy) is 1. The van der Waals surface area contributed by atoms with Gasteiger partial charge in [-0.3, -0.25) is 0 Å². The molecule has 1 aromatic heterocycles. The van der Waals surface area contributed by atoms with E-state index in [1.165, 1.54) is 0 Å². The molecule has 0 atom stereocenters. The summed E-state index contributed by atoms with van der Waals surface area (Å²) in [5.74, 6) is -1.12. The van der Waals surface area contributed by atoms with Gasteiger partial charge < -0.3 is 4.74 Å². The van der Waals surface area contributed by atoms with Gasteiger partial charge in [0.2, 0.25) is 5.92 Å². The highest BCUT2D eigenvalue weighted by molar-refractivity contribution is 5.63. The van der Waals surface area contributed by atoms with Crippen LogP contribution in [0.25, 0.3) is 11.4 Å². The molecule has 3 nitrogen and oxygen atoms in total. The van der Waals surface area contributed by atoms with E-state index in [-0.39, 0.29) is 18.8 Å². The Balaban J connectivity index is 1.86. The summed E-state index contributed by atoms with van der Waals surface area (Å²) < 4.78 is 32.3. The van der Waals surface area contributed by atoms with Crippen molar-refractivity contribution in [1.29, 1.82) is 0 Å². The van der Waals surface area contributed by atoms with E-state index in [1.54, 1.807) is 6.20 Å². The first-order valence-corrected chi connectivity index (χ1v) is 8.02. The fraction of sp³-hybridized carbons (Fsp3) is 0.444. The van der Waals surface area contributed by atoms with Crippen LogP contribution in [0.4, 0.5) is 8.78 Å². The third-order valence-electron chi connectivity index (χ3n) is 4.24. The minimum Gasteiger partial charge on any atom is -0.493 e. The highest BCUT2D eigenvalue weighted by atomic mass is 19.3. The summed E-state index contributed by atoms with van der Waals surface area (Å²) in [5, 5.41) is 0. The SMILES string of the molecule is CCOc1ccccc1-c1nccc(C2CCC(F)(F)CC2)n1. The van der Waals surface area contributed by atoms with Crippen molar-refractivity contribution in [3.8, 4) is 17.1 Å². The molecule has 3 rings (SSSR count). The van der Waals surface area contributed by atoms with Crippen LogP contribution in [0.15, 0.2) is 36.5 Å². The standard InChI is InChI=1S/C18H20F2N2O/c1-2-23-16-6-4-3-5-14(16)17-21-12-9-15(22-17)13-7-10-18(19,20)11-8-13/h3-6,9,12-13H,2,7-8,10-11H2,1H3. The van der Waals surface area contributed by atoms with Crippen molar-refractivity contribution in [2.75, 3.05) is 6.61 Å². The number of rotatable bonds is 4. The van der Waals surface area contributed by atoms with Gasteiger partial charge in [-0.15, -0.1) is 0 Å². The smallest absolute Gasteiger partial charge is 0.248 e. The van der Waals surface area contributed by atoms with Crippen molar-refractivity contribution in [2.45, 2.75) is 44.4 Å². The lowest BCUT2D eigenvalue weighted by Gasteiger charge is -2.27. The Bertz CT molecular complexity index is 666. The number of halogens is 2. The number of para-hydroxylation sites is 1. The van der Waals surface area contributed by atoms with Crippen LogP contribution in [-0.4, -0.2) is 22.5 Å². The van der Waals surface area contributed by atoms with E-state index < -0.39 is 5.92 Å². The minimum atomic E-state index is -2.52. The molecule has 122 valence electrons. The number of nitrogens with zero attached hydrogens (tertiary/aromatic N) is 2. The fourth-order valence-corrected chi connectivity index (χ4v) is 3.00. The first kappa shape index (κ1) is 15.8. The number of benzene rings is 1. The van der Waals surface area contributed by atoms with Crippen molar-refractivity contribution in [1.82, 2.24) is 9.97 Å². The Morgan fingerprint density at radius 2 is 1.91 bits per heavy atom. The largest absolute Gasteiger partial charge is 0.493 e. The van der Waals surface area contributed by atoms with Crippen LogP contribution in [0.3, 0.4) is 0 Å². The molecule has 1 aliphatic carbocycles. The maximum absolute atomic E-state index is 13.3. The topological polar surface area (TPSA) is 35.0 Å². The van der Waals surface area contributed by atoms with Crippen molar-refractivity contribution in [3.05, 3.63) is 42.2 Å². The van der Waals surface area contributed by atoms with Crippen LogP contribution in [0, 0.1) is 0 Å². The highest BCUT2D eigenvalue weighted by Crippen LogP contribution is 2.40. The molecule has 1 saturated carbocycles. The predicted molar refractivity (Wildman–Crippen MR) is 84.8 cm³/mol. The van der Waals surface area contributed by atoms with Crippen LogP contribution >= 0.6 is 0 Å². The Morgan fingerprint density at radius 3 is 2.65 bits per heavy atom. The van der Waals surface area contributed by atoms with Gasteiger partial charge in [-0.25, -0.2) is 18.7 Å². The lowest BCUT2D eigenvalue weighted by atomic mass is 9.84. The van der Waals surface area contributed by atoms with Gasteiger partial charge in [0.05, 0.1) is 12.2 Å². The average Bonchev–Trinajstić information content (AvgIpc) is 2.56. The predicted octanol–water partition coefficient (Wildman–Crippen LogP) is 4.84. The summed E-state index contributed by atoms with van der Waals surface area (Å²) in [4.78, 5) is 8.96. The second-order valence-corrected chi connectivity index (χ2v) is 5.86. The molecule has 2 aromatic rings. The maximum Gasteiger partial charge on any atom is 0.248 e. The van der Waals surface area contributed by atoms with Crippen molar-refractivity contribution >= 4 is 0 Å². The van der Waals surface area contributed by atoms with E-state index >= 15 is 0 Å². The molecule has 0 unspecified atom stereocenters. The Labute approximate surface area is 134 Å². The van der Waals surface area contributed by atoms with Crippen LogP contribution in [0.1, 0.15) is 44.2 Å². The Morgan fingerprint density at radius 1 is 1.17 bits per heavy atom. The molecule has 0 radical (unpaired) electrons. The molecule has 1 aromatic carbocycles. The Hall–Kier alpha value is -2.04. The number of aromatic nitrogens is 2. The summed E-state index contributed by atoms with van der Waals surface area (Å²) >= 11 is 0. The molecule has 0 amide bonds.